The zero-order valence-electron chi connectivity index (χ0n) is 7.50. The predicted octanol–water partition coefficient (Wildman–Crippen LogP) is -0.825. The lowest BCUT2D eigenvalue weighted by atomic mass is 10.3. The highest BCUT2D eigenvalue weighted by Gasteiger charge is 2.09. The lowest BCUT2D eigenvalue weighted by Crippen LogP contribution is -2.35. The van der Waals surface area contributed by atoms with Gasteiger partial charge in [-0.05, 0) is 13.3 Å². The van der Waals surface area contributed by atoms with Gasteiger partial charge in [0.15, 0.2) is 5.96 Å². The predicted molar refractivity (Wildman–Crippen MR) is 48.6 cm³/mol. The van der Waals surface area contributed by atoms with Gasteiger partial charge in [-0.3, -0.25) is 4.79 Å². The Hall–Kier alpha value is -1.26. The van der Waals surface area contributed by atoms with Crippen molar-refractivity contribution in [3.8, 4) is 0 Å². The molecule has 5 N–H and O–H groups in total. The smallest absolute Gasteiger partial charge is 0.244 e. The van der Waals surface area contributed by atoms with Gasteiger partial charge >= 0.3 is 0 Å². The van der Waals surface area contributed by atoms with Crippen molar-refractivity contribution in [3.05, 3.63) is 0 Å². The van der Waals surface area contributed by atoms with Crippen LogP contribution in [0.5, 0.6) is 0 Å². The first-order valence-corrected chi connectivity index (χ1v) is 3.94. The zero-order valence-corrected chi connectivity index (χ0v) is 7.50. The third-order valence-corrected chi connectivity index (χ3v) is 1.27. The monoisotopic (exact) mass is 172 g/mol. The Morgan fingerprint density at radius 2 is 2.17 bits per heavy atom. The number of nitrogens with two attached hydrogens (primary N) is 2. The van der Waals surface area contributed by atoms with Gasteiger partial charge in [0.2, 0.25) is 5.91 Å². The molecule has 0 rings (SSSR count). The van der Waals surface area contributed by atoms with Crippen molar-refractivity contribution < 1.29 is 4.79 Å². The van der Waals surface area contributed by atoms with Crippen molar-refractivity contribution in [1.29, 1.82) is 0 Å². The average Bonchev–Trinajstić information content (AvgIpc) is 1.98. The summed E-state index contributed by atoms with van der Waals surface area (Å²) in [6.07, 6.45) is 0.903. The molecule has 0 heterocycles. The number of rotatable bonds is 4. The summed E-state index contributed by atoms with van der Waals surface area (Å²) < 4.78 is 0. The first-order chi connectivity index (χ1) is 5.57. The van der Waals surface area contributed by atoms with Crippen LogP contribution in [0.4, 0.5) is 0 Å². The molecular weight excluding hydrogens is 156 g/mol. The van der Waals surface area contributed by atoms with E-state index in [9.17, 15) is 4.79 Å². The van der Waals surface area contributed by atoms with Gasteiger partial charge in [-0.1, -0.05) is 6.92 Å². The molecular formula is C7H16N4O. The minimum Gasteiger partial charge on any atom is -0.370 e. The Bertz CT molecular complexity index is 174. The van der Waals surface area contributed by atoms with E-state index >= 15 is 0 Å². The van der Waals surface area contributed by atoms with Gasteiger partial charge < -0.3 is 16.8 Å². The highest BCUT2D eigenvalue weighted by Crippen LogP contribution is 1.88. The van der Waals surface area contributed by atoms with E-state index in [4.69, 9.17) is 11.5 Å². The largest absolute Gasteiger partial charge is 0.370 e. The maximum absolute atomic E-state index is 11.1. The fourth-order valence-corrected chi connectivity index (χ4v) is 0.678. The summed E-state index contributed by atoms with van der Waals surface area (Å²) in [5, 5.41) is 2.68. The van der Waals surface area contributed by atoms with E-state index in [0.717, 1.165) is 6.42 Å². The van der Waals surface area contributed by atoms with E-state index in [1.807, 2.05) is 6.92 Å². The zero-order chi connectivity index (χ0) is 9.56. The van der Waals surface area contributed by atoms with Crippen LogP contribution >= 0.6 is 0 Å². The Labute approximate surface area is 72.2 Å². The lowest BCUT2D eigenvalue weighted by Gasteiger charge is -2.06. The Morgan fingerprint density at radius 1 is 1.58 bits per heavy atom. The fraction of sp³-hybridized carbons (Fsp3) is 0.714. The first-order valence-electron chi connectivity index (χ1n) is 3.94. The van der Waals surface area contributed by atoms with E-state index in [-0.39, 0.29) is 11.9 Å². The van der Waals surface area contributed by atoms with Crippen molar-refractivity contribution in [2.75, 3.05) is 6.54 Å². The molecule has 0 aliphatic heterocycles. The van der Waals surface area contributed by atoms with Crippen LogP contribution in [0.2, 0.25) is 0 Å². The quantitative estimate of drug-likeness (QED) is 0.382. The molecule has 1 amide bonds. The second-order valence-electron chi connectivity index (χ2n) is 2.52. The van der Waals surface area contributed by atoms with Gasteiger partial charge in [-0.15, -0.1) is 0 Å². The normalized spacial score (nSPS) is 11.8. The molecule has 0 bridgehead atoms. The molecule has 0 saturated heterocycles. The van der Waals surface area contributed by atoms with Crippen LogP contribution in [-0.2, 0) is 4.79 Å². The molecule has 0 saturated carbocycles. The number of guanidine groups is 1. The van der Waals surface area contributed by atoms with Crippen molar-refractivity contribution in [2.45, 2.75) is 26.3 Å². The molecule has 0 aromatic rings. The number of aliphatic imine (C=N–C) groups is 1. The Balaban J connectivity index is 3.85. The number of hydrogen-bond donors (Lipinski definition) is 3. The van der Waals surface area contributed by atoms with Crippen LogP contribution < -0.4 is 16.8 Å². The maximum atomic E-state index is 11.1. The number of carbonyl (C=O) groups excluding carboxylic acids is 1. The van der Waals surface area contributed by atoms with Crippen LogP contribution in [0.1, 0.15) is 20.3 Å². The minimum atomic E-state index is -0.499. The van der Waals surface area contributed by atoms with Gasteiger partial charge in [-0.2, -0.15) is 0 Å². The van der Waals surface area contributed by atoms with Crippen LogP contribution in [0.15, 0.2) is 4.99 Å². The Kier molecular flexibility index (Phi) is 4.83. The SMILES string of the molecule is CCCNC(=O)C(C)N=C(N)N. The lowest BCUT2D eigenvalue weighted by molar-refractivity contribution is -0.121. The molecule has 12 heavy (non-hydrogen) atoms. The van der Waals surface area contributed by atoms with E-state index in [0.29, 0.717) is 6.54 Å². The highest BCUT2D eigenvalue weighted by atomic mass is 16.2. The summed E-state index contributed by atoms with van der Waals surface area (Å²) in [5.41, 5.74) is 10.2. The molecule has 0 aliphatic rings. The van der Waals surface area contributed by atoms with Crippen molar-refractivity contribution >= 4 is 11.9 Å². The van der Waals surface area contributed by atoms with Gasteiger partial charge in [0, 0.05) is 6.54 Å². The fourth-order valence-electron chi connectivity index (χ4n) is 0.678. The minimum absolute atomic E-state index is 0.0610. The van der Waals surface area contributed by atoms with Crippen LogP contribution in [0.3, 0.4) is 0 Å². The summed E-state index contributed by atoms with van der Waals surface area (Å²) in [6, 6.07) is -0.499. The van der Waals surface area contributed by atoms with E-state index in [1.54, 1.807) is 6.92 Å². The second kappa shape index (κ2) is 5.40. The molecule has 0 aromatic carbocycles. The average molecular weight is 172 g/mol. The molecule has 0 fully saturated rings. The van der Waals surface area contributed by atoms with Crippen molar-refractivity contribution in [2.24, 2.45) is 16.5 Å². The first kappa shape index (κ1) is 10.7. The third kappa shape index (κ3) is 4.54. The maximum Gasteiger partial charge on any atom is 0.244 e. The Morgan fingerprint density at radius 3 is 2.58 bits per heavy atom. The van der Waals surface area contributed by atoms with E-state index in [1.165, 1.54) is 0 Å². The highest BCUT2D eigenvalue weighted by molar-refractivity contribution is 5.85. The summed E-state index contributed by atoms with van der Waals surface area (Å²) in [5.74, 6) is -0.209. The number of hydrogen-bond acceptors (Lipinski definition) is 2. The summed E-state index contributed by atoms with van der Waals surface area (Å²) >= 11 is 0. The number of nitrogens with zero attached hydrogens (tertiary/aromatic N) is 1. The van der Waals surface area contributed by atoms with E-state index < -0.39 is 6.04 Å². The molecule has 0 radical (unpaired) electrons. The molecule has 1 atom stereocenters. The molecule has 0 spiro atoms. The number of carbonyl (C=O) groups is 1. The van der Waals surface area contributed by atoms with Gasteiger partial charge in [0.05, 0.1) is 0 Å². The number of amides is 1. The number of nitrogens with one attached hydrogen (secondary N) is 1. The van der Waals surface area contributed by atoms with Crippen molar-refractivity contribution in [1.82, 2.24) is 5.32 Å². The summed E-state index contributed by atoms with van der Waals surface area (Å²) in [4.78, 5) is 14.8. The van der Waals surface area contributed by atoms with Gasteiger partial charge in [0.1, 0.15) is 6.04 Å². The molecule has 0 aromatic heterocycles. The van der Waals surface area contributed by atoms with E-state index in [2.05, 4.69) is 10.3 Å². The van der Waals surface area contributed by atoms with Crippen LogP contribution in [-0.4, -0.2) is 24.5 Å². The standard InChI is InChI=1S/C7H16N4O/c1-3-4-10-6(12)5(2)11-7(8)9/h5H,3-4H2,1-2H3,(H,10,12)(H4,8,9,11). The topological polar surface area (TPSA) is 93.5 Å². The van der Waals surface area contributed by atoms with Crippen LogP contribution in [0, 0.1) is 0 Å². The van der Waals surface area contributed by atoms with Crippen molar-refractivity contribution in [3.63, 3.8) is 0 Å². The van der Waals surface area contributed by atoms with Crippen LogP contribution in [0.25, 0.3) is 0 Å². The molecule has 70 valence electrons. The second-order valence-corrected chi connectivity index (χ2v) is 2.52. The molecule has 5 heteroatoms. The molecule has 0 aliphatic carbocycles. The van der Waals surface area contributed by atoms with Gasteiger partial charge in [0.25, 0.3) is 0 Å². The van der Waals surface area contributed by atoms with Gasteiger partial charge in [-0.25, -0.2) is 4.99 Å². The third-order valence-electron chi connectivity index (χ3n) is 1.27. The molecule has 1 unspecified atom stereocenters. The summed E-state index contributed by atoms with van der Waals surface area (Å²) in [6.45, 7) is 4.28. The molecule has 5 nitrogen and oxygen atoms in total. The summed E-state index contributed by atoms with van der Waals surface area (Å²) in [7, 11) is 0.